The van der Waals surface area contributed by atoms with Crippen LogP contribution < -0.4 is 9.62 Å². The minimum Gasteiger partial charge on any atom is -0.274 e. The number of hydrogen-bond donors (Lipinski definition) is 1. The van der Waals surface area contributed by atoms with Gasteiger partial charge in [-0.3, -0.25) is 19.2 Å². The summed E-state index contributed by atoms with van der Waals surface area (Å²) in [6.07, 6.45) is 1.25. The van der Waals surface area contributed by atoms with E-state index in [1.807, 2.05) is 18.2 Å². The number of fused-ring (bicyclic) bond motifs is 1. The molecule has 0 bridgehead atoms. The van der Waals surface area contributed by atoms with Crippen molar-refractivity contribution in [3.63, 3.8) is 0 Å². The summed E-state index contributed by atoms with van der Waals surface area (Å²) in [5.41, 5.74) is 2.27. The van der Waals surface area contributed by atoms with Gasteiger partial charge in [0.05, 0.1) is 20.8 Å². The molecule has 9 heteroatoms. The predicted octanol–water partition coefficient (Wildman–Crippen LogP) is 3.31. The monoisotopic (exact) mass is 415 g/mol. The molecule has 7 nitrogen and oxygen atoms in total. The molecule has 0 atom stereocenters. The van der Waals surface area contributed by atoms with Crippen LogP contribution in [0.25, 0.3) is 10.2 Å². The average Bonchev–Trinajstić information content (AvgIpc) is 3.22. The number of aromatic nitrogens is 1. The number of rotatable bonds is 5. The summed E-state index contributed by atoms with van der Waals surface area (Å²) in [6.45, 7) is 2.05. The normalized spacial score (nSPS) is 14.8. The Morgan fingerprint density at radius 2 is 1.75 bits per heavy atom. The number of nitrogens with one attached hydrogen (secondary N) is 1. The fraction of sp³-hybridized carbons (Fsp3) is 0.211. The van der Waals surface area contributed by atoms with Gasteiger partial charge in [0.25, 0.3) is 10.0 Å². The summed E-state index contributed by atoms with van der Waals surface area (Å²) >= 11 is 1.27. The highest BCUT2D eigenvalue weighted by Crippen LogP contribution is 2.29. The predicted molar refractivity (Wildman–Crippen MR) is 108 cm³/mol. The molecule has 0 unspecified atom stereocenters. The average molecular weight is 415 g/mol. The van der Waals surface area contributed by atoms with Gasteiger partial charge >= 0.3 is 0 Å². The summed E-state index contributed by atoms with van der Waals surface area (Å²) in [6, 6.07) is 11.5. The van der Waals surface area contributed by atoms with Crippen LogP contribution in [0.15, 0.2) is 47.4 Å². The van der Waals surface area contributed by atoms with Gasteiger partial charge in [0.2, 0.25) is 11.8 Å². The smallest absolute Gasteiger partial charge is 0.263 e. The number of imide groups is 1. The minimum absolute atomic E-state index is 0.0313. The highest BCUT2D eigenvalue weighted by molar-refractivity contribution is 7.93. The van der Waals surface area contributed by atoms with Crippen molar-refractivity contribution in [3.05, 3.63) is 48.0 Å². The van der Waals surface area contributed by atoms with Crippen molar-refractivity contribution in [1.29, 1.82) is 0 Å². The van der Waals surface area contributed by atoms with Crippen molar-refractivity contribution in [1.82, 2.24) is 4.98 Å². The van der Waals surface area contributed by atoms with Crippen LogP contribution in [0.3, 0.4) is 0 Å². The van der Waals surface area contributed by atoms with E-state index in [2.05, 4.69) is 16.6 Å². The van der Waals surface area contributed by atoms with Crippen molar-refractivity contribution < 1.29 is 18.0 Å². The van der Waals surface area contributed by atoms with Crippen molar-refractivity contribution >= 4 is 54.2 Å². The molecule has 1 aliphatic heterocycles. The Balaban J connectivity index is 1.58. The van der Waals surface area contributed by atoms with Crippen molar-refractivity contribution in [3.8, 4) is 0 Å². The first-order valence-electron chi connectivity index (χ1n) is 8.75. The fourth-order valence-corrected chi connectivity index (χ4v) is 5.21. The number of nitrogens with zero attached hydrogens (tertiary/aromatic N) is 2. The maximum absolute atomic E-state index is 12.7. The van der Waals surface area contributed by atoms with E-state index in [9.17, 15) is 18.0 Å². The van der Waals surface area contributed by atoms with E-state index in [1.54, 1.807) is 0 Å². The first-order chi connectivity index (χ1) is 13.4. The van der Waals surface area contributed by atoms with Gasteiger partial charge in [-0.15, -0.1) is 0 Å². The Morgan fingerprint density at radius 3 is 2.39 bits per heavy atom. The molecule has 1 aromatic heterocycles. The van der Waals surface area contributed by atoms with E-state index in [0.717, 1.165) is 27.1 Å². The molecule has 2 aromatic carbocycles. The summed E-state index contributed by atoms with van der Waals surface area (Å²) < 4.78 is 28.8. The molecule has 1 fully saturated rings. The zero-order valence-electron chi connectivity index (χ0n) is 15.0. The molecule has 3 aromatic rings. The molecule has 2 heterocycles. The quantitative estimate of drug-likeness (QED) is 0.645. The number of carbonyl (C=O) groups is 2. The van der Waals surface area contributed by atoms with Crippen LogP contribution in [-0.2, 0) is 26.0 Å². The zero-order chi connectivity index (χ0) is 19.9. The molecule has 144 valence electrons. The molecular weight excluding hydrogens is 398 g/mol. The highest BCUT2D eigenvalue weighted by atomic mass is 32.2. The number of anilines is 2. The number of thiazole rings is 1. The van der Waals surface area contributed by atoms with Gasteiger partial charge in [-0.25, -0.2) is 13.4 Å². The molecule has 0 spiro atoms. The van der Waals surface area contributed by atoms with Gasteiger partial charge in [-0.05, 0) is 48.4 Å². The van der Waals surface area contributed by atoms with E-state index in [1.165, 1.54) is 35.6 Å². The van der Waals surface area contributed by atoms with Gasteiger partial charge in [-0.2, -0.15) is 0 Å². The zero-order valence-corrected chi connectivity index (χ0v) is 16.6. The molecule has 0 aliphatic carbocycles. The lowest BCUT2D eigenvalue weighted by atomic mass is 10.2. The standard InChI is InChI=1S/C19H17N3O4S2/c1-2-12-3-8-15-16(11-12)27-19(20-15)21-28(25,26)14-6-4-13(5-7-14)22-17(23)9-10-18(22)24/h3-8,11H,2,9-10H2,1H3,(H,20,21). The number of benzene rings is 2. The Hall–Kier alpha value is -2.78. The maximum atomic E-state index is 12.7. The van der Waals surface area contributed by atoms with Gasteiger partial charge in [0.1, 0.15) is 0 Å². The second-order valence-corrected chi connectivity index (χ2v) is 9.11. The van der Waals surface area contributed by atoms with E-state index < -0.39 is 10.0 Å². The Morgan fingerprint density at radius 1 is 1.07 bits per heavy atom. The lowest BCUT2D eigenvalue weighted by molar-refractivity contribution is -0.121. The lowest BCUT2D eigenvalue weighted by Gasteiger charge is -2.14. The maximum Gasteiger partial charge on any atom is 0.263 e. The third-order valence-electron chi connectivity index (χ3n) is 4.54. The van der Waals surface area contributed by atoms with Crippen LogP contribution in [0.1, 0.15) is 25.3 Å². The van der Waals surface area contributed by atoms with Crippen LogP contribution >= 0.6 is 11.3 Å². The van der Waals surface area contributed by atoms with Crippen LogP contribution in [0.2, 0.25) is 0 Å². The first kappa shape index (κ1) is 18.6. The van der Waals surface area contributed by atoms with Gasteiger partial charge in [0, 0.05) is 12.8 Å². The van der Waals surface area contributed by atoms with E-state index >= 15 is 0 Å². The molecular formula is C19H17N3O4S2. The summed E-state index contributed by atoms with van der Waals surface area (Å²) in [4.78, 5) is 29.1. The summed E-state index contributed by atoms with van der Waals surface area (Å²) in [7, 11) is -3.83. The van der Waals surface area contributed by atoms with Gasteiger partial charge in [-0.1, -0.05) is 24.3 Å². The molecule has 0 saturated carbocycles. The Bertz CT molecular complexity index is 1170. The lowest BCUT2D eigenvalue weighted by Crippen LogP contribution is -2.28. The first-order valence-corrected chi connectivity index (χ1v) is 11.1. The number of aryl methyl sites for hydroxylation is 1. The van der Waals surface area contributed by atoms with Crippen LogP contribution in [0.4, 0.5) is 10.8 Å². The van der Waals surface area contributed by atoms with Crippen molar-refractivity contribution in [2.75, 3.05) is 9.62 Å². The molecule has 1 saturated heterocycles. The topological polar surface area (TPSA) is 96.4 Å². The minimum atomic E-state index is -3.83. The molecule has 28 heavy (non-hydrogen) atoms. The molecule has 0 radical (unpaired) electrons. The van der Waals surface area contributed by atoms with Crippen LogP contribution in [-0.4, -0.2) is 25.2 Å². The second kappa shape index (κ2) is 6.99. The van der Waals surface area contributed by atoms with Gasteiger partial charge < -0.3 is 0 Å². The number of sulfonamides is 1. The third kappa shape index (κ3) is 3.38. The molecule has 4 rings (SSSR count). The highest BCUT2D eigenvalue weighted by Gasteiger charge is 2.30. The van der Waals surface area contributed by atoms with Crippen molar-refractivity contribution in [2.45, 2.75) is 31.1 Å². The Kier molecular flexibility index (Phi) is 4.64. The number of carbonyl (C=O) groups excluding carboxylic acids is 2. The van der Waals surface area contributed by atoms with E-state index in [4.69, 9.17) is 0 Å². The summed E-state index contributed by atoms with van der Waals surface area (Å²) in [5, 5.41) is 0.289. The largest absolute Gasteiger partial charge is 0.274 e. The second-order valence-electron chi connectivity index (χ2n) is 6.40. The SMILES string of the molecule is CCc1ccc2nc(NS(=O)(=O)c3ccc(N4C(=O)CCC4=O)cc3)sc2c1. The Labute approximate surface area is 166 Å². The van der Waals surface area contributed by atoms with Gasteiger partial charge in [0.15, 0.2) is 5.13 Å². The molecule has 1 aliphatic rings. The fourth-order valence-electron chi connectivity index (χ4n) is 3.05. The van der Waals surface area contributed by atoms with Crippen molar-refractivity contribution in [2.24, 2.45) is 0 Å². The third-order valence-corrected chi connectivity index (χ3v) is 6.96. The number of amides is 2. The molecule has 2 amide bonds. The summed E-state index contributed by atoms with van der Waals surface area (Å²) in [5.74, 6) is -0.556. The molecule has 1 N–H and O–H groups in total. The number of hydrogen-bond acceptors (Lipinski definition) is 6. The van der Waals surface area contributed by atoms with Crippen LogP contribution in [0.5, 0.6) is 0 Å². The van der Waals surface area contributed by atoms with Crippen LogP contribution in [0, 0.1) is 0 Å². The van der Waals surface area contributed by atoms with E-state index in [0.29, 0.717) is 5.69 Å². The van der Waals surface area contributed by atoms with E-state index in [-0.39, 0.29) is 34.7 Å².